The highest BCUT2D eigenvalue weighted by atomic mass is 16.7. The maximum Gasteiger partial charge on any atom is 0.308 e. The Morgan fingerprint density at radius 3 is 1.68 bits per heavy atom. The van der Waals surface area contributed by atoms with E-state index in [-0.39, 0.29) is 18.1 Å². The van der Waals surface area contributed by atoms with Crippen molar-refractivity contribution < 1.29 is 57.1 Å². The molecule has 1 saturated heterocycles. The minimum atomic E-state index is -1.36. The van der Waals surface area contributed by atoms with Crippen molar-refractivity contribution in [2.24, 2.45) is 0 Å². The Kier molecular flexibility index (Phi) is 9.36. The predicted octanol–water partition coefficient (Wildman–Crippen LogP) is 1.07. The largest absolute Gasteiger partial charge is 0.463 e. The van der Waals surface area contributed by atoms with Gasteiger partial charge in [0, 0.05) is 34.6 Å². The number of benzene rings is 1. The fourth-order valence-electron chi connectivity index (χ4n) is 3.17. The molecule has 0 radical (unpaired) electrons. The summed E-state index contributed by atoms with van der Waals surface area (Å²) in [7, 11) is 0. The van der Waals surface area contributed by atoms with Crippen LogP contribution in [-0.4, -0.2) is 67.2 Å². The molecule has 1 heterocycles. The third kappa shape index (κ3) is 8.03. The number of ether oxygens (including phenoxy) is 7. The molecule has 0 saturated carbocycles. The van der Waals surface area contributed by atoms with Crippen LogP contribution in [-0.2, 0) is 47.7 Å². The summed E-state index contributed by atoms with van der Waals surface area (Å²) < 4.78 is 37.6. The molecule has 1 aliphatic heterocycles. The van der Waals surface area contributed by atoms with Gasteiger partial charge in [0.25, 0.3) is 0 Å². The van der Waals surface area contributed by atoms with Crippen molar-refractivity contribution in [1.82, 2.24) is 0 Å². The molecule has 0 spiro atoms. The van der Waals surface area contributed by atoms with Gasteiger partial charge < -0.3 is 33.2 Å². The first kappa shape index (κ1) is 26.6. The van der Waals surface area contributed by atoms with Crippen LogP contribution in [0, 0.1) is 0 Å². The van der Waals surface area contributed by atoms with Gasteiger partial charge in [-0.2, -0.15) is 0 Å². The highest BCUT2D eigenvalue weighted by Crippen LogP contribution is 2.31. The Labute approximate surface area is 195 Å². The smallest absolute Gasteiger partial charge is 0.308 e. The Morgan fingerprint density at radius 1 is 0.676 bits per heavy atom. The van der Waals surface area contributed by atoms with Gasteiger partial charge in [0.1, 0.15) is 24.2 Å². The topological polar surface area (TPSA) is 150 Å². The Morgan fingerprint density at radius 2 is 1.18 bits per heavy atom. The van der Waals surface area contributed by atoms with Gasteiger partial charge in [-0.1, -0.05) is 0 Å². The molecule has 0 aromatic heterocycles. The van der Waals surface area contributed by atoms with Crippen molar-refractivity contribution >= 4 is 29.8 Å². The molecule has 186 valence electrons. The summed E-state index contributed by atoms with van der Waals surface area (Å²) >= 11 is 0. The number of carbonyl (C=O) groups is 5. The van der Waals surface area contributed by atoms with Crippen LogP contribution in [0.2, 0.25) is 0 Å². The standard InChI is InChI=1S/C22H26O12/c1-11(23)28-10-18-19(30-13(3)25)20(31-14(4)26)21(32-15(5)27)22(34-18)33-17-8-6-16(7-9-17)29-12(2)24/h6-9,18-22H,10H2,1-5H3/t18-,19-,20+,21-,22-/m1/s1. The van der Waals surface area contributed by atoms with Gasteiger partial charge in [0.15, 0.2) is 12.2 Å². The minimum absolute atomic E-state index is 0.219. The molecule has 34 heavy (non-hydrogen) atoms. The number of esters is 5. The number of hydrogen-bond donors (Lipinski definition) is 0. The maximum atomic E-state index is 11.8. The molecular weight excluding hydrogens is 456 g/mol. The average Bonchev–Trinajstić information content (AvgIpc) is 2.71. The molecule has 0 aliphatic carbocycles. The van der Waals surface area contributed by atoms with E-state index >= 15 is 0 Å². The maximum absolute atomic E-state index is 11.8. The van der Waals surface area contributed by atoms with E-state index in [1.165, 1.54) is 38.1 Å². The van der Waals surface area contributed by atoms with E-state index in [1.54, 1.807) is 0 Å². The van der Waals surface area contributed by atoms with Crippen molar-refractivity contribution in [3.63, 3.8) is 0 Å². The monoisotopic (exact) mass is 482 g/mol. The van der Waals surface area contributed by atoms with E-state index < -0.39 is 60.6 Å². The second kappa shape index (κ2) is 12.0. The summed E-state index contributed by atoms with van der Waals surface area (Å²) in [4.78, 5) is 57.8. The first-order valence-corrected chi connectivity index (χ1v) is 10.2. The first-order chi connectivity index (χ1) is 16.0. The van der Waals surface area contributed by atoms with Crippen molar-refractivity contribution in [3.05, 3.63) is 24.3 Å². The van der Waals surface area contributed by atoms with Gasteiger partial charge in [-0.15, -0.1) is 0 Å². The normalized spacial score (nSPS) is 23.7. The van der Waals surface area contributed by atoms with Gasteiger partial charge >= 0.3 is 29.8 Å². The highest BCUT2D eigenvalue weighted by molar-refractivity contribution is 5.69. The van der Waals surface area contributed by atoms with Crippen LogP contribution in [0.5, 0.6) is 11.5 Å². The number of rotatable bonds is 8. The van der Waals surface area contributed by atoms with Crippen molar-refractivity contribution in [3.8, 4) is 11.5 Å². The number of carbonyl (C=O) groups excluding carboxylic acids is 5. The van der Waals surface area contributed by atoms with Crippen LogP contribution in [0.4, 0.5) is 0 Å². The van der Waals surface area contributed by atoms with Crippen molar-refractivity contribution in [2.75, 3.05) is 6.61 Å². The summed E-state index contributed by atoms with van der Waals surface area (Å²) in [5, 5.41) is 0. The molecule has 5 atom stereocenters. The zero-order valence-corrected chi connectivity index (χ0v) is 19.3. The molecule has 1 aromatic rings. The van der Waals surface area contributed by atoms with E-state index in [4.69, 9.17) is 33.2 Å². The van der Waals surface area contributed by atoms with Crippen molar-refractivity contribution in [1.29, 1.82) is 0 Å². The molecule has 12 nitrogen and oxygen atoms in total. The first-order valence-electron chi connectivity index (χ1n) is 10.2. The second-order valence-corrected chi connectivity index (χ2v) is 7.25. The van der Waals surface area contributed by atoms with Crippen molar-refractivity contribution in [2.45, 2.75) is 65.3 Å². The van der Waals surface area contributed by atoms with E-state index in [0.717, 1.165) is 20.8 Å². The lowest BCUT2D eigenvalue weighted by atomic mass is 9.98. The third-order valence-corrected chi connectivity index (χ3v) is 4.29. The van der Waals surface area contributed by atoms with Gasteiger partial charge in [-0.25, -0.2) is 0 Å². The zero-order valence-electron chi connectivity index (χ0n) is 19.3. The van der Waals surface area contributed by atoms with Gasteiger partial charge in [-0.05, 0) is 24.3 Å². The van der Waals surface area contributed by atoms with Crippen LogP contribution in [0.15, 0.2) is 24.3 Å². The van der Waals surface area contributed by atoms with E-state index in [9.17, 15) is 24.0 Å². The molecular formula is C22H26O12. The average molecular weight is 482 g/mol. The molecule has 2 rings (SSSR count). The van der Waals surface area contributed by atoms with E-state index in [0.29, 0.717) is 0 Å². The molecule has 1 aliphatic rings. The SMILES string of the molecule is CC(=O)OC[C@H]1O[C@@H](Oc2ccc(OC(C)=O)cc2)[C@H](OC(C)=O)[C@@H](OC(C)=O)[C@@H]1OC(C)=O. The molecule has 0 N–H and O–H groups in total. The Balaban J connectivity index is 2.40. The summed E-state index contributed by atoms with van der Waals surface area (Å²) in [6.07, 6.45) is -6.47. The predicted molar refractivity (Wildman–Crippen MR) is 110 cm³/mol. The highest BCUT2D eigenvalue weighted by Gasteiger charge is 2.53. The van der Waals surface area contributed by atoms with E-state index in [1.807, 2.05) is 0 Å². The van der Waals surface area contributed by atoms with Gasteiger partial charge in [-0.3, -0.25) is 24.0 Å². The van der Waals surface area contributed by atoms with Crippen LogP contribution in [0.25, 0.3) is 0 Å². The van der Waals surface area contributed by atoms with Gasteiger partial charge in [0.2, 0.25) is 12.4 Å². The second-order valence-electron chi connectivity index (χ2n) is 7.25. The fraction of sp³-hybridized carbons (Fsp3) is 0.500. The molecule has 0 amide bonds. The molecule has 1 aromatic carbocycles. The summed E-state index contributed by atoms with van der Waals surface area (Å²) in [6, 6.07) is 5.85. The zero-order chi connectivity index (χ0) is 25.4. The number of hydrogen-bond acceptors (Lipinski definition) is 12. The van der Waals surface area contributed by atoms with Crippen LogP contribution in [0.3, 0.4) is 0 Å². The van der Waals surface area contributed by atoms with Crippen LogP contribution >= 0.6 is 0 Å². The molecule has 1 fully saturated rings. The Hall–Kier alpha value is -3.67. The van der Waals surface area contributed by atoms with E-state index in [2.05, 4.69) is 0 Å². The fourth-order valence-corrected chi connectivity index (χ4v) is 3.17. The van der Waals surface area contributed by atoms with Crippen LogP contribution < -0.4 is 9.47 Å². The van der Waals surface area contributed by atoms with Crippen LogP contribution in [0.1, 0.15) is 34.6 Å². The third-order valence-electron chi connectivity index (χ3n) is 4.29. The molecule has 0 unspecified atom stereocenters. The molecule has 0 bridgehead atoms. The Bertz CT molecular complexity index is 909. The quantitative estimate of drug-likeness (QED) is 0.296. The summed E-state index contributed by atoms with van der Waals surface area (Å²) in [5.74, 6) is -2.89. The minimum Gasteiger partial charge on any atom is -0.463 e. The summed E-state index contributed by atoms with van der Waals surface area (Å²) in [5.41, 5.74) is 0. The lowest BCUT2D eigenvalue weighted by Gasteiger charge is -2.43. The summed E-state index contributed by atoms with van der Waals surface area (Å²) in [6.45, 7) is 5.43. The van der Waals surface area contributed by atoms with Gasteiger partial charge in [0.05, 0.1) is 0 Å². The lowest BCUT2D eigenvalue weighted by molar-refractivity contribution is -0.288. The molecule has 12 heteroatoms. The lowest BCUT2D eigenvalue weighted by Crippen LogP contribution is -2.63.